The summed E-state index contributed by atoms with van der Waals surface area (Å²) < 4.78 is 0. The number of rotatable bonds is 9. The van der Waals surface area contributed by atoms with Crippen LogP contribution in [0.4, 0.5) is 0 Å². The van der Waals surface area contributed by atoms with Crippen LogP contribution in [0.3, 0.4) is 0 Å². The van der Waals surface area contributed by atoms with Crippen molar-refractivity contribution in [3.63, 3.8) is 0 Å². The predicted molar refractivity (Wildman–Crippen MR) is 153 cm³/mol. The molecule has 2 heterocycles. The molecule has 5 rings (SSSR count). The largest absolute Gasteiger partial charge is 0.384 e. The van der Waals surface area contributed by atoms with Gasteiger partial charge in [0.05, 0.1) is 0 Å². The predicted octanol–water partition coefficient (Wildman–Crippen LogP) is 5.16. The standard InChI is InChI=1S/C31H33N3O3S/c1-3-15-32-20(2)26-14-16-38-30(26)23-10-8-21(9-11-23)17-33-31(37)29(36)28(35)27(22-12-13-22)34-18-24-6-4-5-7-25(24)19-34/h3-11,14-16,28-29,35-36H,12-13,17-19H2,1-2H3,(H,33,37)/b15-3-,32-20+. The minimum absolute atomic E-state index is 0.267. The summed E-state index contributed by atoms with van der Waals surface area (Å²) >= 11 is 1.67. The highest BCUT2D eigenvalue weighted by Crippen LogP contribution is 2.39. The monoisotopic (exact) mass is 527 g/mol. The Morgan fingerprint density at radius 1 is 1.05 bits per heavy atom. The first-order valence-electron chi connectivity index (χ1n) is 13.0. The van der Waals surface area contributed by atoms with Crippen LogP contribution >= 0.6 is 11.3 Å². The quantitative estimate of drug-likeness (QED) is 0.336. The van der Waals surface area contributed by atoms with E-state index >= 15 is 0 Å². The number of thiophene rings is 1. The van der Waals surface area contributed by atoms with Gasteiger partial charge in [-0.25, -0.2) is 0 Å². The number of aliphatic hydroxyl groups excluding tert-OH is 2. The summed E-state index contributed by atoms with van der Waals surface area (Å²) in [6.45, 7) is 5.57. The van der Waals surface area contributed by atoms with Crippen molar-refractivity contribution in [3.05, 3.63) is 106 Å². The van der Waals surface area contributed by atoms with E-state index in [0.29, 0.717) is 18.8 Å². The second-order valence-corrected chi connectivity index (χ2v) is 10.7. The Morgan fingerprint density at radius 2 is 1.74 bits per heavy atom. The molecular weight excluding hydrogens is 494 g/mol. The zero-order valence-corrected chi connectivity index (χ0v) is 22.5. The van der Waals surface area contributed by atoms with Gasteiger partial charge >= 0.3 is 0 Å². The SMILES string of the molecule is C/C=C\N=C(/C)c1ccsc1-c1ccc(CNC(=O)C(O)C(O)C(=C2CC2)N2Cc3ccccc3C2)cc1. The average molecular weight is 528 g/mol. The minimum atomic E-state index is -1.53. The molecule has 38 heavy (non-hydrogen) atoms. The fourth-order valence-corrected chi connectivity index (χ4v) is 5.83. The Labute approximate surface area is 227 Å². The summed E-state index contributed by atoms with van der Waals surface area (Å²) in [5.74, 6) is -0.576. The van der Waals surface area contributed by atoms with Crippen LogP contribution in [0.5, 0.6) is 0 Å². The molecule has 0 bridgehead atoms. The molecule has 1 aliphatic carbocycles. The molecule has 3 aromatic rings. The normalized spacial score (nSPS) is 16.5. The molecule has 2 aliphatic rings. The number of allylic oxidation sites excluding steroid dienone is 2. The van der Waals surface area contributed by atoms with Crippen molar-refractivity contribution in [2.45, 2.75) is 58.5 Å². The van der Waals surface area contributed by atoms with Crippen LogP contribution in [0.1, 0.15) is 48.9 Å². The van der Waals surface area contributed by atoms with Crippen LogP contribution in [0, 0.1) is 0 Å². The molecule has 1 aliphatic heterocycles. The summed E-state index contributed by atoms with van der Waals surface area (Å²) in [5.41, 5.74) is 8.32. The number of aliphatic hydroxyl groups is 2. The first kappa shape index (κ1) is 26.1. The van der Waals surface area contributed by atoms with Crippen molar-refractivity contribution < 1.29 is 15.0 Å². The second kappa shape index (κ2) is 11.5. The third-order valence-electron chi connectivity index (χ3n) is 7.05. The Kier molecular flexibility index (Phi) is 7.88. The number of carbonyl (C=O) groups is 1. The highest BCUT2D eigenvalue weighted by Gasteiger charge is 2.36. The summed E-state index contributed by atoms with van der Waals surface area (Å²) in [7, 11) is 0. The van der Waals surface area contributed by atoms with Gasteiger partial charge in [-0.3, -0.25) is 9.79 Å². The van der Waals surface area contributed by atoms with E-state index in [2.05, 4.69) is 38.8 Å². The maximum Gasteiger partial charge on any atom is 0.252 e. The van der Waals surface area contributed by atoms with Crippen LogP contribution in [-0.4, -0.2) is 38.9 Å². The van der Waals surface area contributed by atoms with E-state index in [4.69, 9.17) is 0 Å². The lowest BCUT2D eigenvalue weighted by Gasteiger charge is -2.28. The Morgan fingerprint density at radius 3 is 2.37 bits per heavy atom. The van der Waals surface area contributed by atoms with Gasteiger partial charge in [-0.2, -0.15) is 0 Å². The maximum atomic E-state index is 12.8. The van der Waals surface area contributed by atoms with Crippen molar-refractivity contribution in [2.24, 2.45) is 4.99 Å². The summed E-state index contributed by atoms with van der Waals surface area (Å²) in [5, 5.41) is 26.7. The third-order valence-corrected chi connectivity index (χ3v) is 8.01. The third kappa shape index (κ3) is 5.65. The average Bonchev–Trinajstić information content (AvgIpc) is 3.47. The van der Waals surface area contributed by atoms with Crippen LogP contribution in [0.15, 0.2) is 88.5 Å². The van der Waals surface area contributed by atoms with E-state index in [1.807, 2.05) is 56.3 Å². The molecule has 1 saturated carbocycles. The molecule has 3 N–H and O–H groups in total. The highest BCUT2D eigenvalue weighted by molar-refractivity contribution is 7.14. The molecule has 6 nitrogen and oxygen atoms in total. The zero-order valence-electron chi connectivity index (χ0n) is 21.7. The number of fused-ring (bicyclic) bond motifs is 1. The number of carbonyl (C=O) groups excluding carboxylic acids is 1. The molecular formula is C31H33N3O3S. The summed E-state index contributed by atoms with van der Waals surface area (Å²) in [6.07, 6.45) is 2.70. The zero-order chi connectivity index (χ0) is 26.6. The summed E-state index contributed by atoms with van der Waals surface area (Å²) in [4.78, 5) is 20.5. The molecule has 2 unspecified atom stereocenters. The van der Waals surface area contributed by atoms with Gasteiger partial charge in [0.2, 0.25) is 0 Å². The number of hydrogen-bond donors (Lipinski definition) is 3. The number of hydrogen-bond acceptors (Lipinski definition) is 6. The number of nitrogens with zero attached hydrogens (tertiary/aromatic N) is 2. The van der Waals surface area contributed by atoms with Gasteiger partial charge in [0.1, 0.15) is 6.10 Å². The van der Waals surface area contributed by atoms with Gasteiger partial charge in [0.15, 0.2) is 6.10 Å². The van der Waals surface area contributed by atoms with Crippen molar-refractivity contribution >= 4 is 23.0 Å². The van der Waals surface area contributed by atoms with E-state index in [0.717, 1.165) is 45.7 Å². The first-order chi connectivity index (χ1) is 18.5. The van der Waals surface area contributed by atoms with Crippen molar-refractivity contribution in [3.8, 4) is 10.4 Å². The Bertz CT molecular complexity index is 1370. The number of nitrogens with one attached hydrogen (secondary N) is 1. The van der Waals surface area contributed by atoms with E-state index in [-0.39, 0.29) is 6.54 Å². The maximum absolute atomic E-state index is 12.8. The van der Waals surface area contributed by atoms with Crippen molar-refractivity contribution in [1.82, 2.24) is 10.2 Å². The molecule has 1 aromatic heterocycles. The molecule has 7 heteroatoms. The van der Waals surface area contributed by atoms with Crippen LogP contribution in [0.2, 0.25) is 0 Å². The van der Waals surface area contributed by atoms with Crippen LogP contribution < -0.4 is 5.32 Å². The van der Waals surface area contributed by atoms with Gasteiger partial charge in [-0.1, -0.05) is 54.6 Å². The smallest absolute Gasteiger partial charge is 0.252 e. The van der Waals surface area contributed by atoms with E-state index in [1.165, 1.54) is 11.1 Å². The molecule has 0 saturated heterocycles. The molecule has 2 atom stereocenters. The van der Waals surface area contributed by atoms with Crippen molar-refractivity contribution in [2.75, 3.05) is 0 Å². The lowest BCUT2D eigenvalue weighted by Crippen LogP contribution is -2.45. The van der Waals surface area contributed by atoms with Crippen LogP contribution in [-0.2, 0) is 24.4 Å². The molecule has 0 radical (unpaired) electrons. The van der Waals surface area contributed by atoms with Gasteiger partial charge in [0, 0.05) is 47.7 Å². The van der Waals surface area contributed by atoms with E-state index < -0.39 is 18.1 Å². The van der Waals surface area contributed by atoms with Crippen LogP contribution in [0.25, 0.3) is 10.4 Å². The number of benzene rings is 2. The highest BCUT2D eigenvalue weighted by atomic mass is 32.1. The van der Waals surface area contributed by atoms with Crippen molar-refractivity contribution in [1.29, 1.82) is 0 Å². The first-order valence-corrected chi connectivity index (χ1v) is 13.8. The minimum Gasteiger partial charge on any atom is -0.384 e. The molecule has 2 aromatic carbocycles. The van der Waals surface area contributed by atoms with Gasteiger partial charge in [-0.15, -0.1) is 11.3 Å². The fraction of sp³-hybridized carbons (Fsp3) is 0.290. The molecule has 1 fully saturated rings. The van der Waals surface area contributed by atoms with E-state index in [9.17, 15) is 15.0 Å². The number of amides is 1. The number of aliphatic imine (C=N–C) groups is 1. The van der Waals surface area contributed by atoms with E-state index in [1.54, 1.807) is 17.5 Å². The fourth-order valence-electron chi connectivity index (χ4n) is 4.88. The molecule has 1 amide bonds. The lowest BCUT2D eigenvalue weighted by molar-refractivity contribution is -0.134. The topological polar surface area (TPSA) is 85.2 Å². The van der Waals surface area contributed by atoms with Gasteiger partial charge < -0.3 is 20.4 Å². The second-order valence-electron chi connectivity index (χ2n) is 9.78. The lowest BCUT2D eigenvalue weighted by atomic mass is 10.0. The van der Waals surface area contributed by atoms with Gasteiger partial charge in [-0.05, 0) is 66.0 Å². The Hall–Kier alpha value is -3.52. The van der Waals surface area contributed by atoms with Gasteiger partial charge in [0.25, 0.3) is 5.91 Å². The summed E-state index contributed by atoms with van der Waals surface area (Å²) in [6, 6.07) is 18.3. The molecule has 196 valence electrons. The molecule has 0 spiro atoms. The Balaban J connectivity index is 1.21.